The molecular formula is C18H26N4O3. The van der Waals surface area contributed by atoms with Gasteiger partial charge in [-0.3, -0.25) is 14.7 Å². The van der Waals surface area contributed by atoms with Crippen LogP contribution in [0.4, 0.5) is 0 Å². The Morgan fingerprint density at radius 3 is 2.68 bits per heavy atom. The highest BCUT2D eigenvalue weighted by atomic mass is 16.5. The van der Waals surface area contributed by atoms with Gasteiger partial charge in [0.1, 0.15) is 5.69 Å². The second-order valence-corrected chi connectivity index (χ2v) is 7.53. The Hall–Kier alpha value is -1.57. The standard InChI is InChI=1S/C18H26N4O3/c23-17-8-13-11-22(14-1-5-25-6-2-14)10-12(13)7-15(17)21-18(24)16-9-19-3-4-20-16/h3-4,9,12-15,17,23H,1-2,5-8,10-11H2,(H,21,24)/t12-,13+,15-,17-/m0/s1. The molecule has 4 rings (SSSR count). The fourth-order valence-corrected chi connectivity index (χ4v) is 4.63. The second kappa shape index (κ2) is 7.35. The van der Waals surface area contributed by atoms with E-state index in [4.69, 9.17) is 4.74 Å². The molecule has 0 bridgehead atoms. The molecule has 0 unspecified atom stereocenters. The summed E-state index contributed by atoms with van der Waals surface area (Å²) >= 11 is 0. The van der Waals surface area contributed by atoms with Crippen molar-refractivity contribution in [3.63, 3.8) is 0 Å². The lowest BCUT2D eigenvalue weighted by Gasteiger charge is -2.35. The number of amides is 1. The molecule has 1 amide bonds. The molecule has 1 aliphatic carbocycles. The van der Waals surface area contributed by atoms with Crippen LogP contribution in [0.3, 0.4) is 0 Å². The molecule has 2 saturated heterocycles. The normalized spacial score (nSPS) is 33.8. The van der Waals surface area contributed by atoms with E-state index in [1.807, 2.05) is 0 Å². The predicted octanol–water partition coefficient (Wildman–Crippen LogP) is 0.457. The van der Waals surface area contributed by atoms with Crippen LogP contribution < -0.4 is 5.32 Å². The fraction of sp³-hybridized carbons (Fsp3) is 0.722. The van der Waals surface area contributed by atoms with Gasteiger partial charge in [0.2, 0.25) is 0 Å². The molecule has 1 aromatic rings. The van der Waals surface area contributed by atoms with Gasteiger partial charge in [0.05, 0.1) is 18.3 Å². The third-order valence-electron chi connectivity index (χ3n) is 5.99. The van der Waals surface area contributed by atoms with E-state index in [-0.39, 0.29) is 11.9 Å². The van der Waals surface area contributed by atoms with E-state index in [0.29, 0.717) is 23.6 Å². The second-order valence-electron chi connectivity index (χ2n) is 7.53. The number of nitrogens with one attached hydrogen (secondary N) is 1. The Morgan fingerprint density at radius 2 is 1.96 bits per heavy atom. The minimum absolute atomic E-state index is 0.203. The zero-order valence-corrected chi connectivity index (χ0v) is 14.4. The number of hydrogen-bond donors (Lipinski definition) is 2. The maximum atomic E-state index is 12.3. The van der Waals surface area contributed by atoms with Gasteiger partial charge in [-0.15, -0.1) is 0 Å². The summed E-state index contributed by atoms with van der Waals surface area (Å²) in [5, 5.41) is 13.5. The number of aromatic nitrogens is 2. The Kier molecular flexibility index (Phi) is 4.96. The quantitative estimate of drug-likeness (QED) is 0.827. The number of fused-ring (bicyclic) bond motifs is 1. The summed E-state index contributed by atoms with van der Waals surface area (Å²) in [5.41, 5.74) is 0.298. The van der Waals surface area contributed by atoms with Gasteiger partial charge in [0.15, 0.2) is 0 Å². The zero-order chi connectivity index (χ0) is 17.2. The highest BCUT2D eigenvalue weighted by molar-refractivity contribution is 5.92. The summed E-state index contributed by atoms with van der Waals surface area (Å²) in [7, 11) is 0. The molecule has 7 heteroatoms. The van der Waals surface area contributed by atoms with Crippen molar-refractivity contribution in [2.24, 2.45) is 11.8 Å². The summed E-state index contributed by atoms with van der Waals surface area (Å²) in [6.45, 7) is 3.85. The third kappa shape index (κ3) is 3.68. The molecule has 3 heterocycles. The number of ether oxygens (including phenoxy) is 1. The molecule has 136 valence electrons. The van der Waals surface area contributed by atoms with Gasteiger partial charge < -0.3 is 15.2 Å². The van der Waals surface area contributed by atoms with Gasteiger partial charge in [0.25, 0.3) is 5.91 Å². The Morgan fingerprint density at radius 1 is 1.20 bits per heavy atom. The first-order chi connectivity index (χ1) is 12.2. The predicted molar refractivity (Wildman–Crippen MR) is 90.9 cm³/mol. The Bertz CT molecular complexity index is 593. The van der Waals surface area contributed by atoms with Crippen LogP contribution in [0, 0.1) is 11.8 Å². The molecule has 25 heavy (non-hydrogen) atoms. The molecule has 0 radical (unpaired) electrons. The summed E-state index contributed by atoms with van der Waals surface area (Å²) in [6.07, 6.45) is 7.81. The van der Waals surface area contributed by atoms with E-state index in [1.54, 1.807) is 6.20 Å². The van der Waals surface area contributed by atoms with Gasteiger partial charge in [-0.1, -0.05) is 0 Å². The summed E-state index contributed by atoms with van der Waals surface area (Å²) in [4.78, 5) is 22.9. The van der Waals surface area contributed by atoms with Crippen LogP contribution in [-0.4, -0.2) is 70.4 Å². The number of aliphatic hydroxyl groups is 1. The first kappa shape index (κ1) is 16.9. The first-order valence-electron chi connectivity index (χ1n) is 9.27. The lowest BCUT2D eigenvalue weighted by Crippen LogP contribution is -2.49. The summed E-state index contributed by atoms with van der Waals surface area (Å²) in [6, 6.07) is 0.412. The monoisotopic (exact) mass is 346 g/mol. The van der Waals surface area contributed by atoms with Crippen molar-refractivity contribution in [2.45, 2.75) is 43.9 Å². The molecule has 3 fully saturated rings. The van der Waals surface area contributed by atoms with E-state index in [9.17, 15) is 9.90 Å². The number of rotatable bonds is 3. The number of carbonyl (C=O) groups excluding carboxylic acids is 1. The Labute approximate surface area is 147 Å². The average molecular weight is 346 g/mol. The van der Waals surface area contributed by atoms with Gasteiger partial charge >= 0.3 is 0 Å². The van der Waals surface area contributed by atoms with Gasteiger partial charge in [-0.05, 0) is 37.5 Å². The summed E-state index contributed by atoms with van der Waals surface area (Å²) in [5.74, 6) is 0.816. The first-order valence-corrected chi connectivity index (χ1v) is 9.27. The number of carbonyl (C=O) groups is 1. The largest absolute Gasteiger partial charge is 0.391 e. The molecule has 3 aliphatic rings. The van der Waals surface area contributed by atoms with Crippen molar-refractivity contribution in [2.75, 3.05) is 26.3 Å². The average Bonchev–Trinajstić information content (AvgIpc) is 3.06. The van der Waals surface area contributed by atoms with E-state index in [2.05, 4.69) is 20.2 Å². The molecule has 2 N–H and O–H groups in total. The van der Waals surface area contributed by atoms with Crippen LogP contribution in [-0.2, 0) is 4.74 Å². The maximum absolute atomic E-state index is 12.3. The van der Waals surface area contributed by atoms with Crippen molar-refractivity contribution < 1.29 is 14.6 Å². The number of hydrogen-bond acceptors (Lipinski definition) is 6. The molecule has 7 nitrogen and oxygen atoms in total. The van der Waals surface area contributed by atoms with Crippen LogP contribution in [0.25, 0.3) is 0 Å². The maximum Gasteiger partial charge on any atom is 0.271 e. The van der Waals surface area contributed by atoms with Gasteiger partial charge in [-0.25, -0.2) is 4.98 Å². The lowest BCUT2D eigenvalue weighted by atomic mass is 9.77. The van der Waals surface area contributed by atoms with E-state index in [1.165, 1.54) is 12.4 Å². The topological polar surface area (TPSA) is 87.6 Å². The van der Waals surface area contributed by atoms with Crippen LogP contribution in [0.15, 0.2) is 18.6 Å². The van der Waals surface area contributed by atoms with Gasteiger partial charge in [0, 0.05) is 44.7 Å². The third-order valence-corrected chi connectivity index (χ3v) is 5.99. The highest BCUT2D eigenvalue weighted by Gasteiger charge is 2.43. The lowest BCUT2D eigenvalue weighted by molar-refractivity contribution is 0.0397. The molecular weight excluding hydrogens is 320 g/mol. The van der Waals surface area contributed by atoms with Crippen LogP contribution in [0.2, 0.25) is 0 Å². The highest BCUT2D eigenvalue weighted by Crippen LogP contribution is 2.38. The van der Waals surface area contributed by atoms with Crippen molar-refractivity contribution in [3.05, 3.63) is 24.3 Å². The van der Waals surface area contributed by atoms with Crippen LogP contribution in [0.1, 0.15) is 36.2 Å². The fourth-order valence-electron chi connectivity index (χ4n) is 4.63. The van der Waals surface area contributed by atoms with Crippen molar-refractivity contribution in [1.29, 1.82) is 0 Å². The van der Waals surface area contributed by atoms with Gasteiger partial charge in [-0.2, -0.15) is 0 Å². The van der Waals surface area contributed by atoms with Crippen LogP contribution >= 0.6 is 0 Å². The SMILES string of the molecule is O=C(N[C@H]1C[C@H]2CN(C3CCOCC3)C[C@H]2C[C@@H]1O)c1cnccn1. The van der Waals surface area contributed by atoms with Crippen molar-refractivity contribution in [1.82, 2.24) is 20.2 Å². The molecule has 1 saturated carbocycles. The Balaban J connectivity index is 1.36. The van der Waals surface area contributed by atoms with E-state index < -0.39 is 6.10 Å². The number of nitrogens with zero attached hydrogens (tertiary/aromatic N) is 3. The van der Waals surface area contributed by atoms with E-state index in [0.717, 1.165) is 52.0 Å². The zero-order valence-electron chi connectivity index (χ0n) is 14.4. The minimum Gasteiger partial charge on any atom is -0.391 e. The molecule has 0 spiro atoms. The van der Waals surface area contributed by atoms with Crippen molar-refractivity contribution >= 4 is 5.91 Å². The van der Waals surface area contributed by atoms with Crippen LogP contribution in [0.5, 0.6) is 0 Å². The smallest absolute Gasteiger partial charge is 0.271 e. The molecule has 1 aromatic heterocycles. The van der Waals surface area contributed by atoms with Crippen molar-refractivity contribution in [3.8, 4) is 0 Å². The van der Waals surface area contributed by atoms with E-state index >= 15 is 0 Å². The summed E-state index contributed by atoms with van der Waals surface area (Å²) < 4.78 is 5.47. The minimum atomic E-state index is -0.489. The number of aliphatic hydroxyl groups excluding tert-OH is 1. The molecule has 0 aromatic carbocycles. The number of likely N-dealkylation sites (tertiary alicyclic amines) is 1. The molecule has 2 aliphatic heterocycles. The molecule has 4 atom stereocenters.